The van der Waals surface area contributed by atoms with Gasteiger partial charge in [-0.1, -0.05) is 6.07 Å². The Morgan fingerprint density at radius 2 is 2.31 bits per heavy atom. The van der Waals surface area contributed by atoms with Crippen molar-refractivity contribution in [1.29, 1.82) is 0 Å². The lowest BCUT2D eigenvalue weighted by Gasteiger charge is -1.92. The van der Waals surface area contributed by atoms with Crippen molar-refractivity contribution < 1.29 is 9.21 Å². The normalized spacial score (nSPS) is 10.2. The Hall–Kier alpha value is -1.35. The molecule has 0 saturated carbocycles. The Bertz CT molecular complexity index is 373. The van der Waals surface area contributed by atoms with Crippen LogP contribution in [0.2, 0.25) is 0 Å². The number of carbonyl (C=O) groups is 1. The van der Waals surface area contributed by atoms with E-state index in [0.29, 0.717) is 6.42 Å². The first-order valence-electron chi connectivity index (χ1n) is 3.95. The molecular formula is C10H8O2S. The van der Waals surface area contributed by atoms with Crippen LogP contribution in [-0.2, 0) is 6.42 Å². The fourth-order valence-corrected chi connectivity index (χ4v) is 1.76. The molecule has 0 aliphatic heterocycles. The quantitative estimate of drug-likeness (QED) is 0.700. The van der Waals surface area contributed by atoms with Crippen molar-refractivity contribution in [2.75, 3.05) is 0 Å². The van der Waals surface area contributed by atoms with Crippen LogP contribution in [0.3, 0.4) is 0 Å². The lowest BCUT2D eigenvalue weighted by molar-refractivity contribution is 0.0991. The summed E-state index contributed by atoms with van der Waals surface area (Å²) in [6, 6.07) is 7.30. The Labute approximate surface area is 79.8 Å². The lowest BCUT2D eigenvalue weighted by atomic mass is 10.2. The SMILES string of the molecule is O=C(Cc1ccco1)c1cccs1. The fraction of sp³-hybridized carbons (Fsp3) is 0.100. The molecule has 0 spiro atoms. The van der Waals surface area contributed by atoms with Gasteiger partial charge in [-0.3, -0.25) is 4.79 Å². The second-order valence-corrected chi connectivity index (χ2v) is 3.60. The molecular weight excluding hydrogens is 184 g/mol. The smallest absolute Gasteiger partial charge is 0.180 e. The summed E-state index contributed by atoms with van der Waals surface area (Å²) < 4.78 is 5.09. The molecule has 66 valence electrons. The van der Waals surface area contributed by atoms with E-state index in [9.17, 15) is 4.79 Å². The van der Waals surface area contributed by atoms with Gasteiger partial charge in [0.15, 0.2) is 5.78 Å². The van der Waals surface area contributed by atoms with Gasteiger partial charge in [-0.15, -0.1) is 11.3 Å². The van der Waals surface area contributed by atoms with E-state index in [1.165, 1.54) is 11.3 Å². The summed E-state index contributed by atoms with van der Waals surface area (Å²) in [5, 5.41) is 1.90. The topological polar surface area (TPSA) is 30.2 Å². The highest BCUT2D eigenvalue weighted by Gasteiger charge is 2.08. The van der Waals surface area contributed by atoms with Crippen LogP contribution in [0.1, 0.15) is 15.4 Å². The molecule has 0 unspecified atom stereocenters. The molecule has 13 heavy (non-hydrogen) atoms. The number of furan rings is 1. The summed E-state index contributed by atoms with van der Waals surface area (Å²) in [5.74, 6) is 0.836. The second-order valence-electron chi connectivity index (χ2n) is 2.66. The third-order valence-electron chi connectivity index (χ3n) is 1.71. The van der Waals surface area contributed by atoms with Gasteiger partial charge in [0.05, 0.1) is 17.6 Å². The summed E-state index contributed by atoms with van der Waals surface area (Å²) in [5.41, 5.74) is 0. The van der Waals surface area contributed by atoms with Crippen LogP contribution < -0.4 is 0 Å². The van der Waals surface area contributed by atoms with Crippen molar-refractivity contribution >= 4 is 17.1 Å². The summed E-state index contributed by atoms with van der Waals surface area (Å²) in [4.78, 5) is 12.3. The highest BCUT2D eigenvalue weighted by atomic mass is 32.1. The third-order valence-corrected chi connectivity index (χ3v) is 2.62. The van der Waals surface area contributed by atoms with E-state index in [2.05, 4.69) is 0 Å². The van der Waals surface area contributed by atoms with Crippen molar-refractivity contribution in [3.8, 4) is 0 Å². The van der Waals surface area contributed by atoms with Crippen molar-refractivity contribution in [3.05, 3.63) is 46.5 Å². The first-order chi connectivity index (χ1) is 6.36. The summed E-state index contributed by atoms with van der Waals surface area (Å²) in [6.07, 6.45) is 1.94. The molecule has 3 heteroatoms. The molecule has 0 radical (unpaired) electrons. The predicted molar refractivity (Wildman–Crippen MR) is 51.1 cm³/mol. The number of carbonyl (C=O) groups excluding carboxylic acids is 1. The number of thiophene rings is 1. The number of rotatable bonds is 3. The monoisotopic (exact) mass is 192 g/mol. The van der Waals surface area contributed by atoms with E-state index < -0.39 is 0 Å². The third kappa shape index (κ3) is 1.87. The summed E-state index contributed by atoms with van der Waals surface area (Å²) in [7, 11) is 0. The lowest BCUT2D eigenvalue weighted by Crippen LogP contribution is -1.99. The maximum absolute atomic E-state index is 11.5. The molecule has 2 aromatic rings. The highest BCUT2D eigenvalue weighted by Crippen LogP contribution is 2.12. The predicted octanol–water partition coefficient (Wildman–Crippen LogP) is 2.77. The van der Waals surface area contributed by atoms with Crippen LogP contribution in [-0.4, -0.2) is 5.78 Å². The van der Waals surface area contributed by atoms with Crippen LogP contribution >= 0.6 is 11.3 Å². The average molecular weight is 192 g/mol. The molecule has 0 N–H and O–H groups in total. The van der Waals surface area contributed by atoms with Crippen LogP contribution in [0.25, 0.3) is 0 Å². The van der Waals surface area contributed by atoms with Crippen molar-refractivity contribution in [2.24, 2.45) is 0 Å². The van der Waals surface area contributed by atoms with Gasteiger partial charge < -0.3 is 4.42 Å². The van der Waals surface area contributed by atoms with Crippen molar-refractivity contribution in [3.63, 3.8) is 0 Å². The van der Waals surface area contributed by atoms with Gasteiger partial charge in [-0.25, -0.2) is 0 Å². The van der Waals surface area contributed by atoms with Crippen LogP contribution in [0.4, 0.5) is 0 Å². The molecule has 0 saturated heterocycles. The summed E-state index contributed by atoms with van der Waals surface area (Å²) in [6.45, 7) is 0. The maximum atomic E-state index is 11.5. The van der Waals surface area contributed by atoms with E-state index in [4.69, 9.17) is 4.42 Å². The number of ketones is 1. The standard InChI is InChI=1S/C10H8O2S/c11-9(10-4-2-6-13-10)7-8-3-1-5-12-8/h1-6H,7H2. The molecule has 2 nitrogen and oxygen atoms in total. The molecule has 0 fully saturated rings. The average Bonchev–Trinajstić information content (AvgIpc) is 2.74. The molecule has 0 aliphatic rings. The Kier molecular flexibility index (Phi) is 2.27. The number of hydrogen-bond acceptors (Lipinski definition) is 3. The first-order valence-corrected chi connectivity index (χ1v) is 4.83. The molecule has 0 aromatic carbocycles. The van der Waals surface area contributed by atoms with Gasteiger partial charge in [0.2, 0.25) is 0 Å². The highest BCUT2D eigenvalue weighted by molar-refractivity contribution is 7.12. The van der Waals surface area contributed by atoms with Crippen LogP contribution in [0, 0.1) is 0 Å². The van der Waals surface area contributed by atoms with Gasteiger partial charge in [-0.2, -0.15) is 0 Å². The molecule has 2 heterocycles. The number of Topliss-reactive ketones (excluding diaryl/α,β-unsaturated/α-hetero) is 1. The molecule has 0 aliphatic carbocycles. The van der Waals surface area contributed by atoms with E-state index in [-0.39, 0.29) is 5.78 Å². The van der Waals surface area contributed by atoms with E-state index in [1.54, 1.807) is 12.3 Å². The Morgan fingerprint density at radius 1 is 1.38 bits per heavy atom. The van der Waals surface area contributed by atoms with E-state index in [0.717, 1.165) is 10.6 Å². The van der Waals surface area contributed by atoms with E-state index in [1.807, 2.05) is 23.6 Å². The molecule has 2 rings (SSSR count). The van der Waals surface area contributed by atoms with Crippen molar-refractivity contribution in [2.45, 2.75) is 6.42 Å². The fourth-order valence-electron chi connectivity index (χ4n) is 1.10. The van der Waals surface area contributed by atoms with Gasteiger partial charge in [0, 0.05) is 0 Å². The molecule has 2 aromatic heterocycles. The van der Waals surface area contributed by atoms with Gasteiger partial charge in [0.25, 0.3) is 0 Å². The van der Waals surface area contributed by atoms with Gasteiger partial charge in [-0.05, 0) is 23.6 Å². The largest absolute Gasteiger partial charge is 0.469 e. The Morgan fingerprint density at radius 3 is 2.92 bits per heavy atom. The zero-order valence-corrected chi connectivity index (χ0v) is 7.71. The summed E-state index contributed by atoms with van der Waals surface area (Å²) >= 11 is 1.46. The van der Waals surface area contributed by atoms with Crippen LogP contribution in [0.5, 0.6) is 0 Å². The van der Waals surface area contributed by atoms with Gasteiger partial charge in [0.1, 0.15) is 5.76 Å². The van der Waals surface area contributed by atoms with E-state index >= 15 is 0 Å². The van der Waals surface area contributed by atoms with Crippen molar-refractivity contribution in [1.82, 2.24) is 0 Å². The zero-order valence-electron chi connectivity index (χ0n) is 6.90. The van der Waals surface area contributed by atoms with Gasteiger partial charge >= 0.3 is 0 Å². The minimum atomic E-state index is 0.116. The minimum Gasteiger partial charge on any atom is -0.469 e. The molecule has 0 atom stereocenters. The number of hydrogen-bond donors (Lipinski definition) is 0. The molecule has 0 amide bonds. The second kappa shape index (κ2) is 3.58. The molecule has 0 bridgehead atoms. The first kappa shape index (κ1) is 8.26. The maximum Gasteiger partial charge on any atom is 0.180 e. The zero-order chi connectivity index (χ0) is 9.10. The minimum absolute atomic E-state index is 0.116. The Balaban J connectivity index is 2.08. The van der Waals surface area contributed by atoms with Crippen LogP contribution in [0.15, 0.2) is 40.3 Å².